The predicted molar refractivity (Wildman–Crippen MR) is 114 cm³/mol. The molecule has 1 unspecified atom stereocenters. The molecule has 0 aromatic heterocycles. The number of hydrogen-bond donors (Lipinski definition) is 0. The van der Waals surface area contributed by atoms with Crippen LogP contribution in [0.15, 0.2) is 78.9 Å². The van der Waals surface area contributed by atoms with Crippen LogP contribution >= 0.6 is 0 Å². The summed E-state index contributed by atoms with van der Waals surface area (Å²) in [6, 6.07) is 21.1. The Morgan fingerprint density at radius 1 is 0.969 bits per heavy atom. The molecule has 0 radical (unpaired) electrons. The van der Waals surface area contributed by atoms with Crippen LogP contribution in [-0.4, -0.2) is 31.6 Å². The van der Waals surface area contributed by atoms with E-state index in [-0.39, 0.29) is 32.1 Å². The van der Waals surface area contributed by atoms with Crippen molar-refractivity contribution in [1.82, 2.24) is 0 Å². The third-order valence-corrected chi connectivity index (χ3v) is 5.45. The third kappa shape index (κ3) is 4.53. The van der Waals surface area contributed by atoms with Gasteiger partial charge in [-0.25, -0.2) is 13.6 Å². The summed E-state index contributed by atoms with van der Waals surface area (Å²) in [6.45, 7) is -0.228. The van der Waals surface area contributed by atoms with E-state index in [4.69, 9.17) is 9.47 Å². The monoisotopic (exact) mass is 437 g/mol. The molecule has 1 amide bonds. The number of rotatable bonds is 6. The fourth-order valence-electron chi connectivity index (χ4n) is 3.73. The number of amides is 1. The molecule has 4 rings (SSSR count). The van der Waals surface area contributed by atoms with E-state index >= 15 is 0 Å². The number of morpholine rings is 1. The van der Waals surface area contributed by atoms with Gasteiger partial charge in [0.2, 0.25) is 0 Å². The van der Waals surface area contributed by atoms with Gasteiger partial charge in [0.05, 0.1) is 18.7 Å². The Morgan fingerprint density at radius 2 is 1.66 bits per heavy atom. The van der Waals surface area contributed by atoms with Crippen molar-refractivity contribution in [3.05, 3.63) is 102 Å². The first kappa shape index (κ1) is 21.6. The summed E-state index contributed by atoms with van der Waals surface area (Å²) in [5.74, 6) is -2.75. The molecular formula is C25H21F2NO4. The number of carbonyl (C=O) groups excluding carboxylic acids is 2. The van der Waals surface area contributed by atoms with Gasteiger partial charge in [-0.05, 0) is 42.0 Å². The SMILES string of the molecule is O=C(OCCC1(c2ccc(F)c(F)c2)CN(c2ccccc2)C(=O)CO1)c1ccccc1. The normalized spacial score (nSPS) is 18.4. The standard InChI is InChI=1S/C25H21F2NO4/c26-21-12-11-19(15-22(21)27)25(13-14-31-24(30)18-7-3-1-4-8-18)17-28(23(29)16-32-25)20-9-5-2-6-10-20/h1-12,15H,13-14,16-17H2. The van der Waals surface area contributed by atoms with Gasteiger partial charge in [0.25, 0.3) is 5.91 Å². The first-order chi connectivity index (χ1) is 15.5. The van der Waals surface area contributed by atoms with Crippen LogP contribution in [0.4, 0.5) is 14.5 Å². The molecule has 0 aliphatic carbocycles. The van der Waals surface area contributed by atoms with Crippen LogP contribution in [0.25, 0.3) is 0 Å². The number of halogens is 2. The summed E-state index contributed by atoms with van der Waals surface area (Å²) in [5, 5.41) is 0. The molecule has 1 aliphatic rings. The third-order valence-electron chi connectivity index (χ3n) is 5.45. The largest absolute Gasteiger partial charge is 0.462 e. The molecule has 32 heavy (non-hydrogen) atoms. The zero-order chi connectivity index (χ0) is 22.6. The molecule has 0 saturated carbocycles. The second-order valence-electron chi connectivity index (χ2n) is 7.48. The summed E-state index contributed by atoms with van der Waals surface area (Å²) in [5.41, 5.74) is 0.240. The minimum absolute atomic E-state index is 0.0382. The van der Waals surface area contributed by atoms with Gasteiger partial charge in [0.15, 0.2) is 11.6 Å². The lowest BCUT2D eigenvalue weighted by Crippen LogP contribution is -2.53. The van der Waals surface area contributed by atoms with Crippen molar-refractivity contribution in [2.24, 2.45) is 0 Å². The molecule has 1 fully saturated rings. The molecule has 3 aromatic carbocycles. The highest BCUT2D eigenvalue weighted by atomic mass is 19.2. The highest BCUT2D eigenvalue weighted by Crippen LogP contribution is 2.36. The summed E-state index contributed by atoms with van der Waals surface area (Å²) < 4.78 is 39.0. The summed E-state index contributed by atoms with van der Waals surface area (Å²) >= 11 is 0. The minimum Gasteiger partial charge on any atom is -0.462 e. The van der Waals surface area contributed by atoms with Crippen LogP contribution in [0.2, 0.25) is 0 Å². The summed E-state index contributed by atoms with van der Waals surface area (Å²) in [7, 11) is 0. The van der Waals surface area contributed by atoms with Gasteiger partial charge < -0.3 is 14.4 Å². The van der Waals surface area contributed by atoms with Crippen molar-refractivity contribution < 1.29 is 27.8 Å². The number of carbonyl (C=O) groups is 2. The molecule has 0 spiro atoms. The maximum atomic E-state index is 14.1. The van der Waals surface area contributed by atoms with Gasteiger partial charge in [0.1, 0.15) is 12.2 Å². The Kier molecular flexibility index (Phi) is 6.28. The molecule has 1 saturated heterocycles. The highest BCUT2D eigenvalue weighted by Gasteiger charge is 2.42. The van der Waals surface area contributed by atoms with Gasteiger partial charge in [-0.1, -0.05) is 42.5 Å². The number of benzene rings is 3. The number of esters is 1. The highest BCUT2D eigenvalue weighted by molar-refractivity contribution is 5.95. The van der Waals surface area contributed by atoms with E-state index in [1.807, 2.05) is 6.07 Å². The fourth-order valence-corrected chi connectivity index (χ4v) is 3.73. The van der Waals surface area contributed by atoms with E-state index in [1.54, 1.807) is 59.5 Å². The zero-order valence-corrected chi connectivity index (χ0v) is 17.2. The lowest BCUT2D eigenvalue weighted by atomic mass is 9.88. The van der Waals surface area contributed by atoms with Crippen molar-refractivity contribution >= 4 is 17.6 Å². The van der Waals surface area contributed by atoms with Crippen molar-refractivity contribution in [1.29, 1.82) is 0 Å². The Balaban J connectivity index is 1.60. The van der Waals surface area contributed by atoms with E-state index in [0.717, 1.165) is 12.1 Å². The van der Waals surface area contributed by atoms with E-state index < -0.39 is 23.2 Å². The molecule has 3 aromatic rings. The van der Waals surface area contributed by atoms with E-state index in [9.17, 15) is 18.4 Å². The number of hydrogen-bond acceptors (Lipinski definition) is 4. The van der Waals surface area contributed by atoms with Crippen molar-refractivity contribution in [2.75, 3.05) is 24.7 Å². The second kappa shape index (κ2) is 9.28. The lowest BCUT2D eigenvalue weighted by molar-refractivity contribution is -0.142. The van der Waals surface area contributed by atoms with E-state index in [1.165, 1.54) is 6.07 Å². The average molecular weight is 437 g/mol. The topological polar surface area (TPSA) is 55.8 Å². The van der Waals surface area contributed by atoms with E-state index in [2.05, 4.69) is 0 Å². The molecule has 1 aliphatic heterocycles. The number of nitrogens with zero attached hydrogens (tertiary/aromatic N) is 1. The molecule has 1 atom stereocenters. The van der Waals surface area contributed by atoms with Crippen molar-refractivity contribution in [3.8, 4) is 0 Å². The van der Waals surface area contributed by atoms with Crippen LogP contribution in [0.3, 0.4) is 0 Å². The Bertz CT molecular complexity index is 1110. The van der Waals surface area contributed by atoms with Gasteiger partial charge >= 0.3 is 5.97 Å². The molecule has 1 heterocycles. The molecule has 0 bridgehead atoms. The van der Waals surface area contributed by atoms with Crippen LogP contribution in [0, 0.1) is 11.6 Å². The summed E-state index contributed by atoms with van der Waals surface area (Å²) in [4.78, 5) is 26.5. The van der Waals surface area contributed by atoms with Crippen LogP contribution in [0.5, 0.6) is 0 Å². The van der Waals surface area contributed by atoms with Gasteiger partial charge in [-0.3, -0.25) is 4.79 Å². The Hall–Kier alpha value is -3.58. The molecule has 5 nitrogen and oxygen atoms in total. The van der Waals surface area contributed by atoms with Gasteiger partial charge in [-0.15, -0.1) is 0 Å². The van der Waals surface area contributed by atoms with Crippen molar-refractivity contribution in [2.45, 2.75) is 12.0 Å². The van der Waals surface area contributed by atoms with Crippen LogP contribution < -0.4 is 4.90 Å². The maximum absolute atomic E-state index is 14.1. The van der Waals surface area contributed by atoms with Crippen LogP contribution in [-0.2, 0) is 19.9 Å². The minimum atomic E-state index is -1.19. The Labute approximate surface area is 184 Å². The second-order valence-corrected chi connectivity index (χ2v) is 7.48. The molecule has 7 heteroatoms. The average Bonchev–Trinajstić information content (AvgIpc) is 2.83. The molecular weight excluding hydrogens is 416 g/mol. The predicted octanol–water partition coefficient (Wildman–Crippen LogP) is 4.47. The number of anilines is 1. The maximum Gasteiger partial charge on any atom is 0.338 e. The first-order valence-electron chi connectivity index (χ1n) is 10.2. The van der Waals surface area contributed by atoms with Gasteiger partial charge in [-0.2, -0.15) is 0 Å². The van der Waals surface area contributed by atoms with Crippen LogP contribution in [0.1, 0.15) is 22.3 Å². The molecule has 0 N–H and O–H groups in total. The smallest absolute Gasteiger partial charge is 0.338 e. The van der Waals surface area contributed by atoms with Gasteiger partial charge in [0, 0.05) is 12.1 Å². The zero-order valence-electron chi connectivity index (χ0n) is 17.2. The fraction of sp³-hybridized carbons (Fsp3) is 0.200. The number of ether oxygens (including phenoxy) is 2. The summed E-state index contributed by atoms with van der Waals surface area (Å²) in [6.07, 6.45) is 0.146. The lowest BCUT2D eigenvalue weighted by Gasteiger charge is -2.42. The molecule has 164 valence electrons. The first-order valence-corrected chi connectivity index (χ1v) is 10.2. The van der Waals surface area contributed by atoms with Crippen molar-refractivity contribution in [3.63, 3.8) is 0 Å². The Morgan fingerprint density at radius 3 is 2.34 bits per heavy atom. The van der Waals surface area contributed by atoms with E-state index in [0.29, 0.717) is 16.8 Å². The quantitative estimate of drug-likeness (QED) is 0.534. The number of para-hydroxylation sites is 1.